The summed E-state index contributed by atoms with van der Waals surface area (Å²) in [7, 11) is 0. The van der Waals surface area contributed by atoms with Crippen molar-refractivity contribution >= 4 is 6.29 Å². The zero-order valence-electron chi connectivity index (χ0n) is 8.93. The van der Waals surface area contributed by atoms with Crippen LogP contribution in [0.25, 0.3) is 0 Å². The van der Waals surface area contributed by atoms with E-state index in [-0.39, 0.29) is 0 Å². The van der Waals surface area contributed by atoms with Crippen LogP contribution in [0.1, 0.15) is 25.7 Å². The van der Waals surface area contributed by atoms with Crippen molar-refractivity contribution in [2.75, 3.05) is 0 Å². The molecule has 1 heteroatoms. The molecule has 79 valence electrons. The van der Waals surface area contributed by atoms with E-state index < -0.39 is 0 Å². The van der Waals surface area contributed by atoms with E-state index in [9.17, 15) is 4.79 Å². The van der Waals surface area contributed by atoms with Gasteiger partial charge in [0.1, 0.15) is 6.29 Å². The highest BCUT2D eigenvalue weighted by atomic mass is 16.1. The summed E-state index contributed by atoms with van der Waals surface area (Å²) in [6, 6.07) is 12.5. The fraction of sp³-hybridized carbons (Fsp3) is 0.357. The summed E-state index contributed by atoms with van der Waals surface area (Å²) in [4.78, 5) is 10.3. The first-order chi connectivity index (χ1) is 7.43. The largest absolute Gasteiger partial charge is 0.303 e. The molecule has 0 saturated heterocycles. The Morgan fingerprint density at radius 2 is 1.60 bits per heavy atom. The van der Waals surface area contributed by atoms with Gasteiger partial charge in [-0.05, 0) is 31.7 Å². The molecule has 1 aromatic rings. The molecule has 0 bridgehead atoms. The fourth-order valence-corrected chi connectivity index (χ4v) is 1.48. The van der Waals surface area contributed by atoms with Gasteiger partial charge < -0.3 is 4.79 Å². The lowest BCUT2D eigenvalue weighted by molar-refractivity contribution is -0.111. The number of hydrogen-bond donors (Lipinski definition) is 0. The van der Waals surface area contributed by atoms with Crippen molar-refractivity contribution < 1.29 is 4.79 Å². The Morgan fingerprint density at radius 3 is 1.93 bits per heavy atom. The summed E-state index contributed by atoms with van der Waals surface area (Å²) in [5.74, 6) is 0.333. The van der Waals surface area contributed by atoms with Gasteiger partial charge in [0, 0.05) is 5.92 Å². The predicted molar refractivity (Wildman–Crippen MR) is 62.4 cm³/mol. The van der Waals surface area contributed by atoms with E-state index in [0.29, 0.717) is 5.92 Å². The first-order valence-corrected chi connectivity index (χ1v) is 5.45. The summed E-state index contributed by atoms with van der Waals surface area (Å²) < 4.78 is 0. The van der Waals surface area contributed by atoms with Crippen LogP contribution in [0.5, 0.6) is 0 Å². The Labute approximate surface area is 91.8 Å². The minimum Gasteiger partial charge on any atom is -0.303 e. The Hall–Kier alpha value is -1.37. The van der Waals surface area contributed by atoms with Crippen LogP contribution in [0.2, 0.25) is 0 Å². The molecule has 1 aromatic carbocycles. The van der Waals surface area contributed by atoms with Crippen LogP contribution in [0, 0.1) is 12.0 Å². The molecule has 1 nitrogen and oxygen atoms in total. The van der Waals surface area contributed by atoms with E-state index in [1.54, 1.807) is 0 Å². The maximum absolute atomic E-state index is 10.3. The van der Waals surface area contributed by atoms with E-state index in [1.807, 2.05) is 30.3 Å². The van der Waals surface area contributed by atoms with Gasteiger partial charge >= 0.3 is 0 Å². The first-order valence-electron chi connectivity index (χ1n) is 5.45. The molecule has 1 aliphatic rings. The van der Waals surface area contributed by atoms with Crippen LogP contribution in [-0.2, 0) is 4.79 Å². The topological polar surface area (TPSA) is 17.1 Å². The van der Waals surface area contributed by atoms with Crippen LogP contribution in [-0.4, -0.2) is 6.29 Å². The van der Waals surface area contributed by atoms with Gasteiger partial charge in [-0.2, -0.15) is 0 Å². The number of allylic oxidation sites excluding steroid dienone is 2. The van der Waals surface area contributed by atoms with Crippen molar-refractivity contribution in [3.05, 3.63) is 48.6 Å². The summed E-state index contributed by atoms with van der Waals surface area (Å²) in [5, 5.41) is 0. The molecule has 1 radical (unpaired) electrons. The van der Waals surface area contributed by atoms with E-state index in [2.05, 4.69) is 18.2 Å². The second kappa shape index (κ2) is 7.98. The molecule has 0 N–H and O–H groups in total. The van der Waals surface area contributed by atoms with Gasteiger partial charge in [0.2, 0.25) is 0 Å². The average molecular weight is 201 g/mol. The number of rotatable bonds is 1. The molecule has 2 rings (SSSR count). The van der Waals surface area contributed by atoms with Gasteiger partial charge in [-0.1, -0.05) is 42.5 Å². The van der Waals surface area contributed by atoms with Gasteiger partial charge in [-0.25, -0.2) is 0 Å². The molecule has 1 aliphatic carbocycles. The predicted octanol–water partition coefficient (Wildman–Crippen LogP) is 3.42. The monoisotopic (exact) mass is 201 g/mol. The van der Waals surface area contributed by atoms with Crippen LogP contribution in [0.15, 0.2) is 42.5 Å². The Bertz CT molecular complexity index is 240. The molecule has 0 amide bonds. The molecular formula is C14H17O. The first kappa shape index (κ1) is 11.7. The van der Waals surface area contributed by atoms with Gasteiger partial charge in [0.15, 0.2) is 0 Å². The number of hydrogen-bond acceptors (Lipinski definition) is 1. The van der Waals surface area contributed by atoms with Crippen molar-refractivity contribution in [3.8, 4) is 0 Å². The van der Waals surface area contributed by atoms with Crippen LogP contribution in [0.4, 0.5) is 0 Å². The molecular weight excluding hydrogens is 184 g/mol. The van der Waals surface area contributed by atoms with Crippen LogP contribution >= 0.6 is 0 Å². The quantitative estimate of drug-likeness (QED) is 0.502. The summed E-state index contributed by atoms with van der Waals surface area (Å²) in [5.41, 5.74) is 0. The van der Waals surface area contributed by atoms with E-state index in [1.165, 1.54) is 0 Å². The third-order valence-electron chi connectivity index (χ3n) is 2.37. The minimum absolute atomic E-state index is 0.333. The van der Waals surface area contributed by atoms with Crippen LogP contribution < -0.4 is 0 Å². The fourth-order valence-electron chi connectivity index (χ4n) is 1.48. The SMILES string of the molecule is O=CC1CCC=CCC1.[c]1ccccc1. The highest BCUT2D eigenvalue weighted by molar-refractivity contribution is 5.53. The zero-order chi connectivity index (χ0) is 10.8. The molecule has 0 saturated carbocycles. The van der Waals surface area contributed by atoms with E-state index >= 15 is 0 Å². The second-order valence-corrected chi connectivity index (χ2v) is 3.60. The Kier molecular flexibility index (Phi) is 6.23. The minimum atomic E-state index is 0.333. The molecule has 0 aliphatic heterocycles. The normalized spacial score (nSPS) is 16.0. The molecule has 0 spiro atoms. The average Bonchev–Trinajstić information content (AvgIpc) is 2.60. The smallest absolute Gasteiger partial charge is 0.123 e. The summed E-state index contributed by atoms with van der Waals surface area (Å²) in [6.07, 6.45) is 9.72. The lowest BCUT2D eigenvalue weighted by atomic mass is 10.0. The van der Waals surface area contributed by atoms with Gasteiger partial charge in [-0.15, -0.1) is 0 Å². The van der Waals surface area contributed by atoms with Crippen molar-refractivity contribution in [3.63, 3.8) is 0 Å². The molecule has 0 aromatic heterocycles. The van der Waals surface area contributed by atoms with E-state index in [4.69, 9.17) is 0 Å². The van der Waals surface area contributed by atoms with Crippen molar-refractivity contribution in [1.82, 2.24) is 0 Å². The molecule has 15 heavy (non-hydrogen) atoms. The van der Waals surface area contributed by atoms with Gasteiger partial charge in [-0.3, -0.25) is 0 Å². The van der Waals surface area contributed by atoms with E-state index in [0.717, 1.165) is 32.0 Å². The Morgan fingerprint density at radius 1 is 1.00 bits per heavy atom. The third-order valence-corrected chi connectivity index (χ3v) is 2.37. The van der Waals surface area contributed by atoms with Crippen molar-refractivity contribution in [1.29, 1.82) is 0 Å². The maximum atomic E-state index is 10.3. The highest BCUT2D eigenvalue weighted by Crippen LogP contribution is 2.15. The highest BCUT2D eigenvalue weighted by Gasteiger charge is 2.06. The lowest BCUT2D eigenvalue weighted by Gasteiger charge is -2.01. The molecule has 0 unspecified atom stereocenters. The maximum Gasteiger partial charge on any atom is 0.123 e. The number of carbonyl (C=O) groups excluding carboxylic acids is 1. The van der Waals surface area contributed by atoms with Gasteiger partial charge in [0.25, 0.3) is 0 Å². The lowest BCUT2D eigenvalue weighted by Crippen LogP contribution is -1.98. The van der Waals surface area contributed by atoms with Gasteiger partial charge in [0.05, 0.1) is 0 Å². The molecule has 0 fully saturated rings. The standard InChI is InChI=1S/C8H12O.C6H5/c9-7-8-5-3-1-2-4-6-8;1-2-4-6-5-3-1/h1-2,7-8H,3-6H2;1-5H. The van der Waals surface area contributed by atoms with Crippen molar-refractivity contribution in [2.45, 2.75) is 25.7 Å². The van der Waals surface area contributed by atoms with Crippen molar-refractivity contribution in [2.24, 2.45) is 5.92 Å². The number of aldehydes is 1. The van der Waals surface area contributed by atoms with Crippen LogP contribution in [0.3, 0.4) is 0 Å². The molecule has 0 atom stereocenters. The summed E-state index contributed by atoms with van der Waals surface area (Å²) in [6.45, 7) is 0. The zero-order valence-corrected chi connectivity index (χ0v) is 8.93. The molecule has 0 heterocycles. The summed E-state index contributed by atoms with van der Waals surface area (Å²) >= 11 is 0. The Balaban J connectivity index is 0.000000162. The second-order valence-electron chi connectivity index (χ2n) is 3.60. The number of benzene rings is 1. The third kappa shape index (κ3) is 5.84. The number of carbonyl (C=O) groups is 1.